The molecule has 3 fully saturated rings. The Hall–Kier alpha value is -5.96. The number of benzene rings is 3. The Morgan fingerprint density at radius 2 is 1.10 bits per heavy atom. The van der Waals surface area contributed by atoms with Crippen molar-refractivity contribution in [3.8, 4) is 0 Å². The van der Waals surface area contributed by atoms with Gasteiger partial charge in [0.05, 0.1) is 60.9 Å². The van der Waals surface area contributed by atoms with Crippen molar-refractivity contribution >= 4 is 46.3 Å². The molecule has 3 saturated heterocycles. The van der Waals surface area contributed by atoms with E-state index in [1.807, 2.05) is 29.2 Å². The van der Waals surface area contributed by atoms with Crippen LogP contribution < -0.4 is 20.9 Å². The number of nitrogens with zero attached hydrogens (tertiary/aromatic N) is 4. The molecule has 0 radical (unpaired) electrons. The Balaban J connectivity index is 0.000000229. The second-order valence-corrected chi connectivity index (χ2v) is 14.8. The Morgan fingerprint density at radius 3 is 1.50 bits per heavy atom. The molecule has 19 nitrogen and oxygen atoms in total. The lowest BCUT2D eigenvalue weighted by molar-refractivity contribution is -0.387. The number of carbonyl (C=O) groups is 3. The van der Waals surface area contributed by atoms with E-state index in [-0.39, 0.29) is 50.6 Å². The van der Waals surface area contributed by atoms with Gasteiger partial charge in [0.2, 0.25) is 5.82 Å². The highest BCUT2D eigenvalue weighted by Gasteiger charge is 2.47. The average molecular weight is 873 g/mol. The van der Waals surface area contributed by atoms with E-state index in [0.717, 1.165) is 24.4 Å². The van der Waals surface area contributed by atoms with Gasteiger partial charge in [-0.25, -0.2) is 0 Å². The van der Waals surface area contributed by atoms with Gasteiger partial charge in [0.15, 0.2) is 0 Å². The lowest BCUT2D eigenvalue weighted by Gasteiger charge is -2.26. The summed E-state index contributed by atoms with van der Waals surface area (Å²) in [4.78, 5) is 59.1. The number of esters is 3. The minimum atomic E-state index is -1.00. The number of hydrogen-bond acceptors (Lipinski definition) is 17. The van der Waals surface area contributed by atoms with E-state index in [1.165, 1.54) is 18.2 Å². The number of rotatable bonds is 13. The summed E-state index contributed by atoms with van der Waals surface area (Å²) >= 11 is 0. The molecule has 3 atom stereocenters. The van der Waals surface area contributed by atoms with Crippen LogP contribution in [0.2, 0.25) is 0 Å². The first-order chi connectivity index (χ1) is 29.6. The fourth-order valence-corrected chi connectivity index (χ4v) is 7.11. The molecule has 340 valence electrons. The fraction of sp³-hybridized carbons (Fsp3) is 0.500. The quantitative estimate of drug-likeness (QED) is 0.0539. The van der Waals surface area contributed by atoms with Crippen LogP contribution in [0.25, 0.3) is 0 Å². The number of ether oxygens (including phenoxy) is 3. The maximum atomic E-state index is 12.4. The van der Waals surface area contributed by atoms with Crippen LogP contribution >= 0.6 is 0 Å². The highest BCUT2D eigenvalue weighted by molar-refractivity contribution is 5.81. The van der Waals surface area contributed by atoms with Crippen molar-refractivity contribution in [2.45, 2.75) is 40.0 Å². The molecular weight excluding hydrogens is 815 g/mol. The second kappa shape index (κ2) is 23.9. The number of nitro groups is 2. The zero-order valence-corrected chi connectivity index (χ0v) is 35.2. The van der Waals surface area contributed by atoms with Gasteiger partial charge < -0.3 is 50.4 Å². The van der Waals surface area contributed by atoms with Gasteiger partial charge in [-0.3, -0.25) is 34.6 Å². The molecule has 3 unspecified atom stereocenters. The van der Waals surface area contributed by atoms with Gasteiger partial charge in [0.25, 0.3) is 5.69 Å². The van der Waals surface area contributed by atoms with Gasteiger partial charge in [-0.15, -0.1) is 0 Å². The number of nitrogen functional groups attached to an aromatic ring is 1. The average Bonchev–Trinajstić information content (AvgIpc) is 4.06. The van der Waals surface area contributed by atoms with Gasteiger partial charge >= 0.3 is 23.6 Å². The van der Waals surface area contributed by atoms with E-state index in [0.29, 0.717) is 70.0 Å². The van der Waals surface area contributed by atoms with Gasteiger partial charge in [-0.1, -0.05) is 36.4 Å². The third-order valence-electron chi connectivity index (χ3n) is 10.7. The number of nitro benzene ring substituents is 2. The van der Waals surface area contributed by atoms with Crippen LogP contribution in [-0.2, 0) is 28.6 Å². The Labute approximate surface area is 358 Å². The van der Waals surface area contributed by atoms with E-state index >= 15 is 0 Å². The van der Waals surface area contributed by atoms with Crippen molar-refractivity contribution < 1.29 is 58.2 Å². The van der Waals surface area contributed by atoms with Gasteiger partial charge in [-0.05, 0) is 70.8 Å². The number of anilines is 3. The fourth-order valence-electron chi connectivity index (χ4n) is 7.11. The SMILES string of the molecule is CCOC(=O)C1(CO)CCN(c2ccccc2N)C1.CCOC(=O)C1(CO)CCN(c2ccccc2[N+](=O)[O-])C1.CCOC(=O)C1(CO)CCNC1.O=[N+]([O-])c1ccccc1F. The maximum absolute atomic E-state index is 12.4. The second-order valence-electron chi connectivity index (χ2n) is 14.8. The summed E-state index contributed by atoms with van der Waals surface area (Å²) in [5.41, 5.74) is 5.01. The molecule has 0 aliphatic carbocycles. The van der Waals surface area contributed by atoms with Gasteiger partial charge in [-0.2, -0.15) is 4.39 Å². The summed E-state index contributed by atoms with van der Waals surface area (Å²) in [6.07, 6.45) is 1.66. The molecule has 0 bridgehead atoms. The van der Waals surface area contributed by atoms with Crippen molar-refractivity contribution in [2.24, 2.45) is 16.2 Å². The third kappa shape index (κ3) is 12.6. The van der Waals surface area contributed by atoms with E-state index in [9.17, 15) is 49.2 Å². The van der Waals surface area contributed by atoms with E-state index < -0.39 is 43.6 Å². The summed E-state index contributed by atoms with van der Waals surface area (Å²) in [6, 6.07) is 18.9. The number of nitrogens with one attached hydrogen (secondary N) is 1. The van der Waals surface area contributed by atoms with Crippen LogP contribution in [0.4, 0.5) is 32.8 Å². The van der Waals surface area contributed by atoms with Crippen LogP contribution in [-0.4, -0.2) is 122 Å². The summed E-state index contributed by atoms with van der Waals surface area (Å²) < 4.78 is 27.4. The Kier molecular flexibility index (Phi) is 19.4. The minimum Gasteiger partial charge on any atom is -0.465 e. The number of para-hydroxylation sites is 5. The molecule has 3 aromatic carbocycles. The number of hydrogen-bond donors (Lipinski definition) is 5. The first-order valence-corrected chi connectivity index (χ1v) is 20.1. The number of halogens is 1. The van der Waals surface area contributed by atoms with Gasteiger partial charge in [0, 0.05) is 44.9 Å². The van der Waals surface area contributed by atoms with Crippen LogP contribution in [0.3, 0.4) is 0 Å². The lowest BCUT2D eigenvalue weighted by atomic mass is 9.88. The molecule has 0 saturated carbocycles. The first-order valence-electron chi connectivity index (χ1n) is 20.1. The van der Waals surface area contributed by atoms with Crippen molar-refractivity contribution in [3.05, 3.63) is 98.8 Å². The normalized spacial score (nSPS) is 21.2. The number of aliphatic hydroxyl groups excluding tert-OH is 3. The van der Waals surface area contributed by atoms with E-state index in [2.05, 4.69) is 5.32 Å². The minimum absolute atomic E-state index is 0.00454. The van der Waals surface area contributed by atoms with Crippen LogP contribution in [0, 0.1) is 42.3 Å². The molecule has 3 aliphatic heterocycles. The molecule has 3 heterocycles. The van der Waals surface area contributed by atoms with E-state index in [4.69, 9.17) is 25.1 Å². The molecule has 3 aromatic rings. The summed E-state index contributed by atoms with van der Waals surface area (Å²) in [5.74, 6) is -1.85. The monoisotopic (exact) mass is 872 g/mol. The zero-order valence-electron chi connectivity index (χ0n) is 35.2. The van der Waals surface area contributed by atoms with Crippen LogP contribution in [0.5, 0.6) is 0 Å². The summed E-state index contributed by atoms with van der Waals surface area (Å²) in [7, 11) is 0. The van der Waals surface area contributed by atoms with Gasteiger partial charge in [0.1, 0.15) is 21.9 Å². The van der Waals surface area contributed by atoms with Crippen LogP contribution in [0.1, 0.15) is 40.0 Å². The largest absolute Gasteiger partial charge is 0.465 e. The van der Waals surface area contributed by atoms with Crippen LogP contribution in [0.15, 0.2) is 72.8 Å². The Morgan fingerprint density at radius 1 is 0.677 bits per heavy atom. The molecule has 20 heteroatoms. The number of carbonyl (C=O) groups excluding carboxylic acids is 3. The first kappa shape index (κ1) is 50.4. The van der Waals surface area contributed by atoms with Crippen molar-refractivity contribution in [1.29, 1.82) is 0 Å². The smallest absolute Gasteiger partial charge is 0.316 e. The molecule has 6 rings (SSSR count). The molecular formula is C42H57FN6O13. The molecule has 0 aromatic heterocycles. The highest BCUT2D eigenvalue weighted by Crippen LogP contribution is 2.39. The maximum Gasteiger partial charge on any atom is 0.316 e. The molecule has 0 amide bonds. The highest BCUT2D eigenvalue weighted by atomic mass is 19.1. The molecule has 6 N–H and O–H groups in total. The predicted molar refractivity (Wildman–Crippen MR) is 227 cm³/mol. The predicted octanol–water partition coefficient (Wildman–Crippen LogP) is 3.62. The van der Waals surface area contributed by atoms with Crippen molar-refractivity contribution in [1.82, 2.24) is 5.32 Å². The zero-order chi connectivity index (χ0) is 45.9. The third-order valence-corrected chi connectivity index (χ3v) is 10.7. The lowest BCUT2D eigenvalue weighted by Crippen LogP contribution is -2.39. The molecule has 0 spiro atoms. The summed E-state index contributed by atoms with van der Waals surface area (Å²) in [6.45, 7) is 8.65. The summed E-state index contributed by atoms with van der Waals surface area (Å²) in [5, 5.41) is 52.4. The van der Waals surface area contributed by atoms with Crippen molar-refractivity contribution in [3.63, 3.8) is 0 Å². The standard InChI is InChI=1S/C14H18N2O5.C14H20N2O3.C8H15NO3.C6H4FNO2/c1-2-21-13(18)14(10-17)7-8-15(9-14)11-5-3-4-6-12(11)16(19)20;1-2-19-13(18)14(10-17)7-8-16(9-14)12-6-4-3-5-11(12)15;1-2-12-7(11)8(6-10)3-4-9-5-8;7-5-3-1-2-4-6(5)8(9)10/h3-6,17H,2,7-10H2,1H3;3-6,17H,2,7-10,15H2,1H3;9-10H,2-6H2,1H3;1-4H. The number of aliphatic hydroxyl groups is 3. The Bertz CT molecular complexity index is 1970. The van der Waals surface area contributed by atoms with Crippen molar-refractivity contribution in [2.75, 3.05) is 94.4 Å². The topological polar surface area (TPSA) is 270 Å². The molecule has 3 aliphatic rings. The van der Waals surface area contributed by atoms with E-state index in [1.54, 1.807) is 43.9 Å². The molecule has 62 heavy (non-hydrogen) atoms. The number of nitrogens with two attached hydrogens (primary N) is 1.